The summed E-state index contributed by atoms with van der Waals surface area (Å²) < 4.78 is 1.21. The highest BCUT2D eigenvalue weighted by Crippen LogP contribution is 2.29. The lowest BCUT2D eigenvalue weighted by Gasteiger charge is -2.07. The molecule has 0 aliphatic rings. The van der Waals surface area contributed by atoms with Gasteiger partial charge in [0.25, 0.3) is 0 Å². The summed E-state index contributed by atoms with van der Waals surface area (Å²) in [5.74, 6) is 0.788. The van der Waals surface area contributed by atoms with Crippen LogP contribution >= 0.6 is 11.3 Å². The molecule has 0 spiro atoms. The molecule has 0 radical (unpaired) electrons. The van der Waals surface area contributed by atoms with Crippen LogP contribution in [0.2, 0.25) is 0 Å². The van der Waals surface area contributed by atoms with Gasteiger partial charge in [-0.05, 0) is 55.3 Å². The Balaban J connectivity index is 1.48. The highest BCUT2D eigenvalue weighted by atomic mass is 32.1. The fraction of sp³-hybridized carbons (Fsp3) is 0.150. The van der Waals surface area contributed by atoms with Crippen LogP contribution in [0.25, 0.3) is 10.2 Å². The molecule has 0 atom stereocenters. The molecule has 0 aliphatic heterocycles. The molecule has 0 amide bonds. The van der Waals surface area contributed by atoms with E-state index in [0.29, 0.717) is 0 Å². The maximum atomic E-state index is 4.66. The average Bonchev–Trinajstić information content (AvgIpc) is 3.04. The lowest BCUT2D eigenvalue weighted by atomic mass is 10.2. The van der Waals surface area contributed by atoms with Crippen molar-refractivity contribution in [3.8, 4) is 0 Å². The molecule has 0 saturated carbocycles. The lowest BCUT2D eigenvalue weighted by Crippen LogP contribution is -1.95. The predicted octanol–water partition coefficient (Wildman–Crippen LogP) is 5.44. The molecular formula is C20H19N5S. The van der Waals surface area contributed by atoms with E-state index in [0.717, 1.165) is 40.0 Å². The molecule has 2 aromatic heterocycles. The van der Waals surface area contributed by atoms with Gasteiger partial charge >= 0.3 is 0 Å². The molecule has 0 saturated heterocycles. The zero-order valence-corrected chi connectivity index (χ0v) is 15.5. The third kappa shape index (κ3) is 3.65. The summed E-state index contributed by atoms with van der Waals surface area (Å²) in [5.41, 5.74) is 5.28. The van der Waals surface area contributed by atoms with Crippen LogP contribution in [0.1, 0.15) is 18.2 Å². The topological polar surface area (TPSA) is 62.7 Å². The molecule has 4 rings (SSSR count). The van der Waals surface area contributed by atoms with Crippen LogP contribution in [0.3, 0.4) is 0 Å². The number of fused-ring (bicyclic) bond motifs is 1. The molecule has 26 heavy (non-hydrogen) atoms. The van der Waals surface area contributed by atoms with Crippen LogP contribution in [-0.2, 0) is 6.42 Å². The molecule has 0 unspecified atom stereocenters. The first-order valence-corrected chi connectivity index (χ1v) is 9.33. The summed E-state index contributed by atoms with van der Waals surface area (Å²) in [6.07, 6.45) is 2.60. The predicted molar refractivity (Wildman–Crippen MR) is 109 cm³/mol. The SMILES string of the molecule is CCc1ccc2nc(Nc3ccc(Nc4cc(C)ncn4)cc3)sc2c1. The first kappa shape index (κ1) is 16.5. The van der Waals surface area contributed by atoms with Crippen molar-refractivity contribution in [2.45, 2.75) is 20.3 Å². The first-order valence-electron chi connectivity index (χ1n) is 8.52. The third-order valence-electron chi connectivity index (χ3n) is 4.07. The van der Waals surface area contributed by atoms with Crippen molar-refractivity contribution in [1.82, 2.24) is 15.0 Å². The van der Waals surface area contributed by atoms with E-state index in [-0.39, 0.29) is 0 Å². The van der Waals surface area contributed by atoms with Crippen LogP contribution < -0.4 is 10.6 Å². The van der Waals surface area contributed by atoms with Gasteiger partial charge in [0.1, 0.15) is 12.1 Å². The van der Waals surface area contributed by atoms with Gasteiger partial charge in [0.15, 0.2) is 5.13 Å². The number of aryl methyl sites for hydroxylation is 2. The Kier molecular flexibility index (Phi) is 4.50. The summed E-state index contributed by atoms with van der Waals surface area (Å²) >= 11 is 1.68. The van der Waals surface area contributed by atoms with Gasteiger partial charge in [-0.2, -0.15) is 0 Å². The van der Waals surface area contributed by atoms with E-state index in [1.54, 1.807) is 17.7 Å². The first-order chi connectivity index (χ1) is 12.7. The normalized spacial score (nSPS) is 10.8. The van der Waals surface area contributed by atoms with Gasteiger partial charge in [-0.15, -0.1) is 0 Å². The van der Waals surface area contributed by atoms with Crippen molar-refractivity contribution in [2.24, 2.45) is 0 Å². The maximum absolute atomic E-state index is 4.66. The van der Waals surface area contributed by atoms with Crippen molar-refractivity contribution in [3.63, 3.8) is 0 Å². The standard InChI is InChI=1S/C20H19N5S/c1-3-14-4-9-17-18(11-14)26-20(25-17)24-16-7-5-15(6-8-16)23-19-10-13(2)21-12-22-19/h4-12H,3H2,1-2H3,(H,24,25)(H,21,22,23). The van der Waals surface area contributed by atoms with Crippen LogP contribution in [0.15, 0.2) is 54.9 Å². The Hall–Kier alpha value is -2.99. The van der Waals surface area contributed by atoms with Crippen molar-refractivity contribution < 1.29 is 0 Å². The van der Waals surface area contributed by atoms with E-state index in [1.165, 1.54) is 10.3 Å². The van der Waals surface area contributed by atoms with Gasteiger partial charge in [0.05, 0.1) is 10.2 Å². The average molecular weight is 361 g/mol. The van der Waals surface area contributed by atoms with E-state index < -0.39 is 0 Å². The fourth-order valence-corrected chi connectivity index (χ4v) is 3.62. The number of hydrogen-bond acceptors (Lipinski definition) is 6. The second kappa shape index (κ2) is 7.09. The Bertz CT molecular complexity index is 1040. The minimum Gasteiger partial charge on any atom is -0.340 e. The number of benzene rings is 2. The van der Waals surface area contributed by atoms with Crippen LogP contribution in [0.5, 0.6) is 0 Å². The summed E-state index contributed by atoms with van der Waals surface area (Å²) in [7, 11) is 0. The van der Waals surface area contributed by atoms with Gasteiger partial charge in [0, 0.05) is 23.1 Å². The van der Waals surface area contributed by atoms with E-state index in [4.69, 9.17) is 0 Å². The summed E-state index contributed by atoms with van der Waals surface area (Å²) in [6.45, 7) is 4.11. The molecule has 6 heteroatoms. The molecule has 2 aromatic carbocycles. The molecule has 0 fully saturated rings. The van der Waals surface area contributed by atoms with Crippen LogP contribution in [-0.4, -0.2) is 15.0 Å². The third-order valence-corrected chi connectivity index (χ3v) is 5.01. The van der Waals surface area contributed by atoms with Gasteiger partial charge in [-0.25, -0.2) is 15.0 Å². The van der Waals surface area contributed by atoms with Crippen molar-refractivity contribution >= 4 is 43.9 Å². The Labute approximate surface area is 156 Å². The summed E-state index contributed by atoms with van der Waals surface area (Å²) in [4.78, 5) is 13.0. The monoisotopic (exact) mass is 361 g/mol. The molecule has 0 aliphatic carbocycles. The lowest BCUT2D eigenvalue weighted by molar-refractivity contribution is 1.10. The van der Waals surface area contributed by atoms with Gasteiger partial charge < -0.3 is 10.6 Å². The number of rotatable bonds is 5. The van der Waals surface area contributed by atoms with E-state index >= 15 is 0 Å². The fourth-order valence-electron chi connectivity index (χ4n) is 2.67. The van der Waals surface area contributed by atoms with Gasteiger partial charge in [-0.3, -0.25) is 0 Å². The smallest absolute Gasteiger partial charge is 0.188 e. The Morgan fingerprint density at radius 2 is 1.69 bits per heavy atom. The highest BCUT2D eigenvalue weighted by Gasteiger charge is 2.05. The zero-order chi connectivity index (χ0) is 17.9. The molecule has 0 bridgehead atoms. The van der Waals surface area contributed by atoms with Gasteiger partial charge in [-0.1, -0.05) is 24.3 Å². The molecule has 2 N–H and O–H groups in total. The van der Waals surface area contributed by atoms with Gasteiger partial charge in [0.2, 0.25) is 0 Å². The highest BCUT2D eigenvalue weighted by molar-refractivity contribution is 7.22. The number of anilines is 4. The van der Waals surface area contributed by atoms with Crippen molar-refractivity contribution in [1.29, 1.82) is 0 Å². The number of aromatic nitrogens is 3. The minimum absolute atomic E-state index is 0.788. The van der Waals surface area contributed by atoms with E-state index in [2.05, 4.69) is 50.7 Å². The molecule has 4 aromatic rings. The number of hydrogen-bond donors (Lipinski definition) is 2. The van der Waals surface area contributed by atoms with E-state index in [1.807, 2.05) is 37.3 Å². The minimum atomic E-state index is 0.788. The van der Waals surface area contributed by atoms with Crippen LogP contribution in [0, 0.1) is 6.92 Å². The Morgan fingerprint density at radius 1 is 0.923 bits per heavy atom. The second-order valence-electron chi connectivity index (χ2n) is 6.05. The molecule has 5 nitrogen and oxygen atoms in total. The summed E-state index contributed by atoms with van der Waals surface area (Å²) in [5, 5.41) is 7.57. The quantitative estimate of drug-likeness (QED) is 0.495. The maximum Gasteiger partial charge on any atom is 0.188 e. The van der Waals surface area contributed by atoms with E-state index in [9.17, 15) is 0 Å². The second-order valence-corrected chi connectivity index (χ2v) is 7.08. The summed E-state index contributed by atoms with van der Waals surface area (Å²) in [6, 6.07) is 16.4. The number of thiazole rings is 1. The van der Waals surface area contributed by atoms with Crippen molar-refractivity contribution in [2.75, 3.05) is 10.6 Å². The van der Waals surface area contributed by atoms with Crippen LogP contribution in [0.4, 0.5) is 22.3 Å². The molecule has 2 heterocycles. The molecule has 130 valence electrons. The number of nitrogens with one attached hydrogen (secondary N) is 2. The Morgan fingerprint density at radius 3 is 2.42 bits per heavy atom. The van der Waals surface area contributed by atoms with Crippen molar-refractivity contribution in [3.05, 3.63) is 66.1 Å². The molecular weight excluding hydrogens is 342 g/mol. The largest absolute Gasteiger partial charge is 0.340 e. The zero-order valence-electron chi connectivity index (χ0n) is 14.7. The number of nitrogens with zero attached hydrogens (tertiary/aromatic N) is 3.